The number of carbonyl (C=O) groups excluding carboxylic acids is 2. The molecule has 166 valence electrons. The third-order valence-corrected chi connectivity index (χ3v) is 7.98. The van der Waals surface area contributed by atoms with Gasteiger partial charge in [-0.1, -0.05) is 6.92 Å². The van der Waals surface area contributed by atoms with Crippen LogP contribution >= 0.6 is 0 Å². The number of piperazine rings is 1. The molecule has 9 heteroatoms. The van der Waals surface area contributed by atoms with E-state index >= 15 is 0 Å². The molecule has 2 amide bonds. The van der Waals surface area contributed by atoms with E-state index in [2.05, 4.69) is 6.92 Å². The summed E-state index contributed by atoms with van der Waals surface area (Å²) in [5.74, 6) is 0.487. The number of amides is 2. The summed E-state index contributed by atoms with van der Waals surface area (Å²) in [5.41, 5.74) is 0.442. The lowest BCUT2D eigenvalue weighted by atomic mass is 10.0. The first-order chi connectivity index (χ1) is 14.9. The van der Waals surface area contributed by atoms with E-state index in [1.165, 1.54) is 22.7 Å². The Balaban J connectivity index is 1.37. The first-order valence-electron chi connectivity index (χ1n) is 10.6. The van der Waals surface area contributed by atoms with Crippen molar-refractivity contribution in [3.63, 3.8) is 0 Å². The van der Waals surface area contributed by atoms with Crippen molar-refractivity contribution in [2.24, 2.45) is 5.92 Å². The number of hydrogen-bond donors (Lipinski definition) is 0. The van der Waals surface area contributed by atoms with Crippen LogP contribution in [0.15, 0.2) is 52.0 Å². The van der Waals surface area contributed by atoms with Crippen LogP contribution in [0.4, 0.5) is 0 Å². The predicted octanol–water partition coefficient (Wildman–Crippen LogP) is 2.30. The summed E-state index contributed by atoms with van der Waals surface area (Å²) in [4.78, 5) is 28.8. The number of benzene rings is 1. The van der Waals surface area contributed by atoms with Gasteiger partial charge in [0.25, 0.3) is 11.8 Å². The lowest BCUT2D eigenvalue weighted by Gasteiger charge is -2.34. The van der Waals surface area contributed by atoms with Gasteiger partial charge in [0, 0.05) is 44.8 Å². The fraction of sp³-hybridized carbons (Fsp3) is 0.455. The topological polar surface area (TPSA) is 91.1 Å². The summed E-state index contributed by atoms with van der Waals surface area (Å²) in [6.45, 7) is 4.87. The van der Waals surface area contributed by atoms with Gasteiger partial charge < -0.3 is 14.2 Å². The van der Waals surface area contributed by atoms with Gasteiger partial charge in [0.15, 0.2) is 5.76 Å². The average molecular weight is 446 g/mol. The molecule has 2 saturated heterocycles. The molecule has 2 aliphatic rings. The smallest absolute Gasteiger partial charge is 0.289 e. The van der Waals surface area contributed by atoms with Crippen LogP contribution in [-0.4, -0.2) is 73.6 Å². The van der Waals surface area contributed by atoms with Crippen LogP contribution in [0.3, 0.4) is 0 Å². The van der Waals surface area contributed by atoms with Crippen LogP contribution in [0.5, 0.6) is 0 Å². The molecule has 0 radical (unpaired) electrons. The van der Waals surface area contributed by atoms with Crippen molar-refractivity contribution in [1.82, 2.24) is 14.1 Å². The van der Waals surface area contributed by atoms with Crippen molar-refractivity contribution in [3.8, 4) is 0 Å². The van der Waals surface area contributed by atoms with Crippen LogP contribution in [0.1, 0.15) is 40.7 Å². The van der Waals surface area contributed by atoms with Gasteiger partial charge in [-0.25, -0.2) is 8.42 Å². The van der Waals surface area contributed by atoms with Crippen molar-refractivity contribution in [1.29, 1.82) is 0 Å². The van der Waals surface area contributed by atoms with E-state index in [1.807, 2.05) is 0 Å². The second-order valence-corrected chi connectivity index (χ2v) is 10.1. The lowest BCUT2D eigenvalue weighted by molar-refractivity contribution is 0.0518. The van der Waals surface area contributed by atoms with Crippen LogP contribution in [0, 0.1) is 5.92 Å². The Kier molecular flexibility index (Phi) is 6.15. The van der Waals surface area contributed by atoms with E-state index < -0.39 is 10.0 Å². The summed E-state index contributed by atoms with van der Waals surface area (Å²) in [7, 11) is -3.54. The maximum absolute atomic E-state index is 12.9. The first-order valence-corrected chi connectivity index (χ1v) is 12.0. The van der Waals surface area contributed by atoms with Crippen molar-refractivity contribution >= 4 is 21.8 Å². The number of rotatable bonds is 4. The summed E-state index contributed by atoms with van der Waals surface area (Å²) < 4.78 is 32.4. The van der Waals surface area contributed by atoms with Crippen molar-refractivity contribution in [3.05, 3.63) is 54.0 Å². The normalized spacial score (nSPS) is 18.9. The highest BCUT2D eigenvalue weighted by Gasteiger charge is 2.29. The quantitative estimate of drug-likeness (QED) is 0.720. The third kappa shape index (κ3) is 4.52. The van der Waals surface area contributed by atoms with E-state index in [-0.39, 0.29) is 16.7 Å². The summed E-state index contributed by atoms with van der Waals surface area (Å²) in [6.07, 6.45) is 3.19. The molecule has 1 aromatic heterocycles. The number of hydrogen-bond acceptors (Lipinski definition) is 5. The van der Waals surface area contributed by atoms with Gasteiger partial charge in [0.1, 0.15) is 0 Å². The molecule has 31 heavy (non-hydrogen) atoms. The van der Waals surface area contributed by atoms with Crippen LogP contribution in [-0.2, 0) is 10.0 Å². The highest BCUT2D eigenvalue weighted by atomic mass is 32.2. The number of sulfonamides is 1. The van der Waals surface area contributed by atoms with Gasteiger partial charge in [-0.3, -0.25) is 9.59 Å². The number of carbonyl (C=O) groups is 2. The minimum absolute atomic E-state index is 0.166. The SMILES string of the molecule is CC1CCN(S(=O)(=O)c2ccc(C(=O)N3CCN(C(=O)c4ccco4)CC3)cc2)CC1. The molecule has 1 aromatic carbocycles. The molecule has 0 atom stereocenters. The molecule has 0 saturated carbocycles. The lowest BCUT2D eigenvalue weighted by Crippen LogP contribution is -2.50. The van der Waals surface area contributed by atoms with E-state index in [0.717, 1.165) is 12.8 Å². The molecule has 0 aliphatic carbocycles. The average Bonchev–Trinajstić information content (AvgIpc) is 3.34. The van der Waals surface area contributed by atoms with Crippen LogP contribution in [0.2, 0.25) is 0 Å². The third-order valence-electron chi connectivity index (χ3n) is 6.07. The molecule has 0 N–H and O–H groups in total. The number of nitrogens with zero attached hydrogens (tertiary/aromatic N) is 3. The second-order valence-electron chi connectivity index (χ2n) is 8.17. The predicted molar refractivity (Wildman–Crippen MR) is 114 cm³/mol. The van der Waals surface area contributed by atoms with Crippen molar-refractivity contribution in [2.45, 2.75) is 24.7 Å². The van der Waals surface area contributed by atoms with E-state index in [9.17, 15) is 18.0 Å². The van der Waals surface area contributed by atoms with Gasteiger partial charge in [0.2, 0.25) is 10.0 Å². The van der Waals surface area contributed by atoms with E-state index in [4.69, 9.17) is 4.42 Å². The molecule has 0 unspecified atom stereocenters. The molecule has 2 aliphatic heterocycles. The number of furan rings is 1. The second kappa shape index (κ2) is 8.84. The van der Waals surface area contributed by atoms with Gasteiger partial charge in [-0.15, -0.1) is 0 Å². The summed E-state index contributed by atoms with van der Waals surface area (Å²) in [6, 6.07) is 9.46. The molecule has 0 bridgehead atoms. The largest absolute Gasteiger partial charge is 0.459 e. The zero-order valence-corrected chi connectivity index (χ0v) is 18.4. The highest BCUT2D eigenvalue weighted by Crippen LogP contribution is 2.24. The van der Waals surface area contributed by atoms with Gasteiger partial charge >= 0.3 is 0 Å². The molecular formula is C22H27N3O5S. The molecule has 0 spiro atoms. The summed E-state index contributed by atoms with van der Waals surface area (Å²) in [5, 5.41) is 0. The van der Waals surface area contributed by atoms with Crippen LogP contribution in [0.25, 0.3) is 0 Å². The van der Waals surface area contributed by atoms with Crippen LogP contribution < -0.4 is 0 Å². The Bertz CT molecular complexity index is 1020. The fourth-order valence-electron chi connectivity index (χ4n) is 4.00. The zero-order chi connectivity index (χ0) is 22.0. The van der Waals surface area contributed by atoms with Crippen molar-refractivity contribution in [2.75, 3.05) is 39.3 Å². The zero-order valence-electron chi connectivity index (χ0n) is 17.6. The monoisotopic (exact) mass is 445 g/mol. The molecule has 2 aromatic rings. The Morgan fingerprint density at radius 1 is 0.871 bits per heavy atom. The Labute approximate surface area is 182 Å². The Morgan fingerprint density at radius 3 is 2.00 bits per heavy atom. The minimum atomic E-state index is -3.54. The van der Waals surface area contributed by atoms with Gasteiger partial charge in [-0.2, -0.15) is 4.31 Å². The minimum Gasteiger partial charge on any atom is -0.459 e. The van der Waals surface area contributed by atoms with Crippen molar-refractivity contribution < 1.29 is 22.4 Å². The molecule has 3 heterocycles. The molecular weight excluding hydrogens is 418 g/mol. The first kappa shape index (κ1) is 21.6. The Hall–Kier alpha value is -2.65. The highest BCUT2D eigenvalue weighted by molar-refractivity contribution is 7.89. The molecule has 4 rings (SSSR count). The van der Waals surface area contributed by atoms with E-state index in [0.29, 0.717) is 56.5 Å². The van der Waals surface area contributed by atoms with E-state index in [1.54, 1.807) is 34.1 Å². The Morgan fingerprint density at radius 2 is 1.45 bits per heavy atom. The molecule has 8 nitrogen and oxygen atoms in total. The molecule has 2 fully saturated rings. The van der Waals surface area contributed by atoms with Gasteiger partial charge in [-0.05, 0) is 55.2 Å². The summed E-state index contributed by atoms with van der Waals surface area (Å²) >= 11 is 0. The number of piperidine rings is 1. The maximum Gasteiger partial charge on any atom is 0.289 e. The standard InChI is InChI=1S/C22H27N3O5S/c1-17-8-10-25(11-9-17)31(28,29)19-6-4-18(5-7-19)21(26)23-12-14-24(15-13-23)22(27)20-3-2-16-30-20/h2-7,16-17H,8-15H2,1H3. The van der Waals surface area contributed by atoms with Gasteiger partial charge in [0.05, 0.1) is 11.2 Å². The fourth-order valence-corrected chi connectivity index (χ4v) is 5.46. The maximum atomic E-state index is 12.9.